The number of imidazole rings is 1. The lowest BCUT2D eigenvalue weighted by Crippen LogP contribution is -2.38. The predicted octanol–water partition coefficient (Wildman–Crippen LogP) is 9.35. The molecule has 0 unspecified atom stereocenters. The molecule has 1 aromatic heterocycles. The molecular formula is C29H57N2+. The van der Waals surface area contributed by atoms with Gasteiger partial charge in [0.25, 0.3) is 5.82 Å². The van der Waals surface area contributed by atoms with Crippen molar-refractivity contribution in [3.05, 3.63) is 18.2 Å². The van der Waals surface area contributed by atoms with Crippen LogP contribution < -0.4 is 4.57 Å². The minimum atomic E-state index is 0.608. The average molecular weight is 434 g/mol. The SMILES string of the molecule is CCCCCCCCCCCCCC[n+]1ccn(CCCCCCCCC)c1C(C)C. The van der Waals surface area contributed by atoms with Gasteiger partial charge in [-0.25, -0.2) is 9.13 Å². The first-order chi connectivity index (χ1) is 15.2. The van der Waals surface area contributed by atoms with Crippen LogP contribution >= 0.6 is 0 Å². The number of nitrogens with zero attached hydrogens (tertiary/aromatic N) is 2. The van der Waals surface area contributed by atoms with Crippen molar-refractivity contribution in [1.82, 2.24) is 4.57 Å². The molecule has 0 fully saturated rings. The largest absolute Gasteiger partial charge is 0.258 e. The molecule has 0 radical (unpaired) electrons. The van der Waals surface area contributed by atoms with Crippen LogP contribution in [-0.4, -0.2) is 4.57 Å². The molecule has 0 bridgehead atoms. The van der Waals surface area contributed by atoms with Crippen LogP contribution in [0, 0.1) is 0 Å². The van der Waals surface area contributed by atoms with Gasteiger partial charge in [0.1, 0.15) is 12.4 Å². The molecule has 1 rings (SSSR count). The molecule has 0 atom stereocenters. The molecule has 0 saturated carbocycles. The second-order valence-corrected chi connectivity index (χ2v) is 10.2. The van der Waals surface area contributed by atoms with Crippen LogP contribution in [0.3, 0.4) is 0 Å². The van der Waals surface area contributed by atoms with Gasteiger partial charge in [0.15, 0.2) is 0 Å². The molecule has 2 nitrogen and oxygen atoms in total. The molecule has 0 spiro atoms. The van der Waals surface area contributed by atoms with E-state index in [1.165, 1.54) is 141 Å². The van der Waals surface area contributed by atoms with E-state index in [0.717, 1.165) is 0 Å². The van der Waals surface area contributed by atoms with Gasteiger partial charge >= 0.3 is 0 Å². The van der Waals surface area contributed by atoms with Crippen LogP contribution in [0.1, 0.15) is 161 Å². The molecule has 31 heavy (non-hydrogen) atoms. The van der Waals surface area contributed by atoms with Gasteiger partial charge in [-0.15, -0.1) is 0 Å². The Morgan fingerprint density at radius 3 is 1.48 bits per heavy atom. The van der Waals surface area contributed by atoms with Crippen LogP contribution in [0.2, 0.25) is 0 Å². The van der Waals surface area contributed by atoms with Crippen molar-refractivity contribution in [2.24, 2.45) is 0 Å². The highest BCUT2D eigenvalue weighted by molar-refractivity contribution is 4.89. The summed E-state index contributed by atoms with van der Waals surface area (Å²) in [6, 6.07) is 0. The zero-order valence-electron chi connectivity index (χ0n) is 22.0. The van der Waals surface area contributed by atoms with E-state index in [-0.39, 0.29) is 0 Å². The highest BCUT2D eigenvalue weighted by Crippen LogP contribution is 2.15. The Hall–Kier alpha value is -0.790. The Morgan fingerprint density at radius 2 is 1.03 bits per heavy atom. The van der Waals surface area contributed by atoms with E-state index in [1.54, 1.807) is 0 Å². The lowest BCUT2D eigenvalue weighted by Gasteiger charge is -2.08. The maximum atomic E-state index is 2.54. The van der Waals surface area contributed by atoms with Gasteiger partial charge < -0.3 is 0 Å². The molecule has 0 aromatic carbocycles. The predicted molar refractivity (Wildman–Crippen MR) is 138 cm³/mol. The van der Waals surface area contributed by atoms with Gasteiger partial charge in [-0.05, 0) is 25.7 Å². The van der Waals surface area contributed by atoms with Crippen molar-refractivity contribution in [2.45, 2.75) is 169 Å². The fourth-order valence-electron chi connectivity index (χ4n) is 4.88. The van der Waals surface area contributed by atoms with Gasteiger partial charge in [-0.1, -0.05) is 124 Å². The third-order valence-corrected chi connectivity index (χ3v) is 6.79. The van der Waals surface area contributed by atoms with Crippen LogP contribution in [0.25, 0.3) is 0 Å². The molecule has 1 heterocycles. The minimum Gasteiger partial charge on any atom is -0.234 e. The summed E-state index contributed by atoms with van der Waals surface area (Å²) in [7, 11) is 0. The van der Waals surface area contributed by atoms with Crippen LogP contribution in [0.4, 0.5) is 0 Å². The Labute approximate surface area is 196 Å². The first-order valence-corrected chi connectivity index (χ1v) is 14.3. The van der Waals surface area contributed by atoms with E-state index >= 15 is 0 Å². The van der Waals surface area contributed by atoms with Crippen molar-refractivity contribution in [2.75, 3.05) is 0 Å². The zero-order valence-corrected chi connectivity index (χ0v) is 22.0. The monoisotopic (exact) mass is 433 g/mol. The standard InChI is InChI=1S/C29H57N2/c1-5-7-9-11-13-14-15-16-17-19-21-23-25-31-27-26-30(29(31)28(3)4)24-22-20-18-12-10-8-6-2/h26-28H,5-25H2,1-4H3/q+1. The van der Waals surface area contributed by atoms with Crippen LogP contribution in [-0.2, 0) is 13.1 Å². The molecule has 0 aliphatic rings. The molecule has 1 aromatic rings. The van der Waals surface area contributed by atoms with Crippen molar-refractivity contribution in [3.8, 4) is 0 Å². The van der Waals surface area contributed by atoms with Crippen molar-refractivity contribution < 1.29 is 4.57 Å². The van der Waals surface area contributed by atoms with E-state index in [2.05, 4.69) is 49.2 Å². The maximum absolute atomic E-state index is 2.54. The second-order valence-electron chi connectivity index (χ2n) is 10.2. The fourth-order valence-corrected chi connectivity index (χ4v) is 4.88. The van der Waals surface area contributed by atoms with E-state index in [1.807, 2.05) is 0 Å². The second kappa shape index (κ2) is 19.9. The molecule has 0 aliphatic heterocycles. The number of hydrogen-bond acceptors (Lipinski definition) is 0. The summed E-state index contributed by atoms with van der Waals surface area (Å²) < 4.78 is 5.08. The first-order valence-electron chi connectivity index (χ1n) is 14.3. The topological polar surface area (TPSA) is 8.81 Å². The van der Waals surface area contributed by atoms with E-state index < -0.39 is 0 Å². The smallest absolute Gasteiger partial charge is 0.234 e. The van der Waals surface area contributed by atoms with Gasteiger partial charge in [0.05, 0.1) is 19.0 Å². The van der Waals surface area contributed by atoms with Gasteiger partial charge in [0.2, 0.25) is 0 Å². The minimum absolute atomic E-state index is 0.608. The van der Waals surface area contributed by atoms with E-state index in [0.29, 0.717) is 5.92 Å². The number of aromatic nitrogens is 2. The average Bonchev–Trinajstić information content (AvgIpc) is 3.17. The Morgan fingerprint density at radius 1 is 0.613 bits per heavy atom. The van der Waals surface area contributed by atoms with Crippen molar-refractivity contribution >= 4 is 0 Å². The van der Waals surface area contributed by atoms with Crippen LogP contribution in [0.5, 0.6) is 0 Å². The quantitative estimate of drug-likeness (QED) is 0.127. The highest BCUT2D eigenvalue weighted by Gasteiger charge is 2.19. The zero-order chi connectivity index (χ0) is 22.6. The number of unbranched alkanes of at least 4 members (excludes halogenated alkanes) is 17. The fraction of sp³-hybridized carbons (Fsp3) is 0.897. The Kier molecular flexibility index (Phi) is 18.1. The Balaban J connectivity index is 2.14. The van der Waals surface area contributed by atoms with Gasteiger partial charge in [-0.3, -0.25) is 0 Å². The van der Waals surface area contributed by atoms with Gasteiger partial charge in [0, 0.05) is 0 Å². The molecular weight excluding hydrogens is 376 g/mol. The number of aryl methyl sites for hydroxylation is 2. The third kappa shape index (κ3) is 14.1. The summed E-state index contributed by atoms with van der Waals surface area (Å²) in [5.74, 6) is 2.14. The summed E-state index contributed by atoms with van der Waals surface area (Å²) in [6.07, 6.45) is 31.6. The summed E-state index contributed by atoms with van der Waals surface area (Å²) in [4.78, 5) is 0. The summed E-state index contributed by atoms with van der Waals surface area (Å²) >= 11 is 0. The summed E-state index contributed by atoms with van der Waals surface area (Å²) in [5.41, 5.74) is 0. The summed E-state index contributed by atoms with van der Waals surface area (Å²) in [5, 5.41) is 0. The lowest BCUT2D eigenvalue weighted by molar-refractivity contribution is -0.705. The normalized spacial score (nSPS) is 11.6. The van der Waals surface area contributed by atoms with Crippen molar-refractivity contribution in [1.29, 1.82) is 0 Å². The van der Waals surface area contributed by atoms with Crippen LogP contribution in [0.15, 0.2) is 12.4 Å². The van der Waals surface area contributed by atoms with E-state index in [9.17, 15) is 0 Å². The maximum Gasteiger partial charge on any atom is 0.258 e. The number of hydrogen-bond donors (Lipinski definition) is 0. The first kappa shape index (κ1) is 28.2. The third-order valence-electron chi connectivity index (χ3n) is 6.79. The number of rotatable bonds is 22. The Bertz CT molecular complexity index is 503. The molecule has 0 aliphatic carbocycles. The summed E-state index contributed by atoms with van der Waals surface area (Å²) in [6.45, 7) is 11.7. The lowest BCUT2D eigenvalue weighted by atomic mass is 10.1. The molecule has 0 saturated heterocycles. The highest BCUT2D eigenvalue weighted by atomic mass is 15.1. The van der Waals surface area contributed by atoms with Crippen molar-refractivity contribution in [3.63, 3.8) is 0 Å². The molecule has 182 valence electrons. The van der Waals surface area contributed by atoms with E-state index in [4.69, 9.17) is 0 Å². The van der Waals surface area contributed by atoms with Gasteiger partial charge in [-0.2, -0.15) is 0 Å². The molecule has 0 amide bonds. The molecule has 2 heteroatoms. The molecule has 0 N–H and O–H groups in total.